The van der Waals surface area contributed by atoms with Crippen LogP contribution in [-0.2, 0) is 0 Å². The molecule has 2 unspecified atom stereocenters. The zero-order valence-electron chi connectivity index (χ0n) is 12.1. The number of carbonyl (C=O) groups is 2. The van der Waals surface area contributed by atoms with Gasteiger partial charge in [-0.1, -0.05) is 19.8 Å². The lowest BCUT2D eigenvalue weighted by molar-refractivity contribution is 0.0999. The Morgan fingerprint density at radius 3 is 2.48 bits per heavy atom. The average molecular weight is 310 g/mol. The molecule has 7 N–H and O–H groups in total. The van der Waals surface area contributed by atoms with E-state index in [1.807, 2.05) is 0 Å². The van der Waals surface area contributed by atoms with E-state index in [0.717, 1.165) is 42.9 Å². The van der Waals surface area contributed by atoms with Crippen LogP contribution in [0.1, 0.15) is 59.1 Å². The van der Waals surface area contributed by atoms with Crippen LogP contribution in [0, 0.1) is 5.92 Å². The van der Waals surface area contributed by atoms with E-state index in [4.69, 9.17) is 17.2 Å². The largest absolute Gasteiger partial charge is 0.397 e. The molecule has 7 heteroatoms. The maximum atomic E-state index is 11.6. The van der Waals surface area contributed by atoms with Crippen molar-refractivity contribution in [3.63, 3.8) is 0 Å². The van der Waals surface area contributed by atoms with Crippen LogP contribution >= 0.6 is 11.3 Å². The zero-order valence-corrected chi connectivity index (χ0v) is 13.0. The van der Waals surface area contributed by atoms with Gasteiger partial charge in [0.2, 0.25) is 0 Å². The number of anilines is 2. The molecule has 1 saturated carbocycles. The minimum absolute atomic E-state index is 0.0875. The molecule has 1 aromatic heterocycles. The number of nitrogen functional groups attached to an aromatic ring is 1. The van der Waals surface area contributed by atoms with Crippen LogP contribution in [0.15, 0.2) is 0 Å². The van der Waals surface area contributed by atoms with E-state index < -0.39 is 11.8 Å². The Morgan fingerprint density at radius 2 is 1.86 bits per heavy atom. The fourth-order valence-corrected chi connectivity index (χ4v) is 3.84. The number of amides is 2. The van der Waals surface area contributed by atoms with Crippen molar-refractivity contribution in [2.45, 2.75) is 45.1 Å². The summed E-state index contributed by atoms with van der Waals surface area (Å²) in [6.07, 6.45) is 5.58. The standard InChI is InChI=1S/C14H22N4O2S/c1-7-3-2-4-8(6-5-7)18-14-9(12(16)19)10(15)11(21-14)13(17)20/h7-8,18H,2-6,15H2,1H3,(H2,16,19)(H2,17,20). The highest BCUT2D eigenvalue weighted by Crippen LogP contribution is 2.37. The summed E-state index contributed by atoms with van der Waals surface area (Å²) in [4.78, 5) is 23.2. The molecule has 0 aliphatic heterocycles. The van der Waals surface area contributed by atoms with Gasteiger partial charge < -0.3 is 22.5 Å². The highest BCUT2D eigenvalue weighted by molar-refractivity contribution is 7.19. The summed E-state index contributed by atoms with van der Waals surface area (Å²) in [5.41, 5.74) is 16.8. The summed E-state index contributed by atoms with van der Waals surface area (Å²) >= 11 is 1.11. The van der Waals surface area contributed by atoms with E-state index in [1.165, 1.54) is 6.42 Å². The van der Waals surface area contributed by atoms with E-state index in [9.17, 15) is 9.59 Å². The van der Waals surface area contributed by atoms with Crippen molar-refractivity contribution in [1.82, 2.24) is 0 Å². The summed E-state index contributed by atoms with van der Waals surface area (Å²) in [6.45, 7) is 2.26. The molecule has 0 saturated heterocycles. The van der Waals surface area contributed by atoms with Crippen molar-refractivity contribution in [2.24, 2.45) is 17.4 Å². The fraction of sp³-hybridized carbons (Fsp3) is 0.571. The molecule has 2 amide bonds. The van der Waals surface area contributed by atoms with Crippen LogP contribution in [0.4, 0.5) is 10.7 Å². The summed E-state index contributed by atoms with van der Waals surface area (Å²) < 4.78 is 0. The zero-order chi connectivity index (χ0) is 15.6. The summed E-state index contributed by atoms with van der Waals surface area (Å²) in [5.74, 6) is -0.551. The molecule has 1 aliphatic rings. The third-order valence-electron chi connectivity index (χ3n) is 4.01. The average Bonchev–Trinajstić information content (AvgIpc) is 2.58. The third-order valence-corrected chi connectivity index (χ3v) is 5.16. The Labute approximate surface area is 128 Å². The minimum atomic E-state index is -0.638. The second-order valence-corrected chi connectivity index (χ2v) is 6.75. The molecule has 6 nitrogen and oxygen atoms in total. The first-order valence-electron chi connectivity index (χ1n) is 7.18. The van der Waals surface area contributed by atoms with Crippen LogP contribution in [-0.4, -0.2) is 17.9 Å². The third kappa shape index (κ3) is 3.47. The highest BCUT2D eigenvalue weighted by atomic mass is 32.1. The molecule has 1 aliphatic carbocycles. The molecule has 1 heterocycles. The molecule has 2 atom stereocenters. The molecular weight excluding hydrogens is 288 g/mol. The molecule has 0 bridgehead atoms. The number of thiophene rings is 1. The molecule has 2 rings (SSSR count). The van der Waals surface area contributed by atoms with Crippen molar-refractivity contribution >= 4 is 33.8 Å². The van der Waals surface area contributed by atoms with Gasteiger partial charge >= 0.3 is 0 Å². The van der Waals surface area contributed by atoms with E-state index >= 15 is 0 Å². The van der Waals surface area contributed by atoms with Crippen LogP contribution in [0.3, 0.4) is 0 Å². The Kier molecular flexibility index (Phi) is 4.72. The SMILES string of the molecule is CC1CCCC(Nc2sc(C(N)=O)c(N)c2C(N)=O)CC1. The van der Waals surface area contributed by atoms with Crippen molar-refractivity contribution in [3.05, 3.63) is 10.4 Å². The quantitative estimate of drug-likeness (QED) is 0.634. The lowest BCUT2D eigenvalue weighted by Gasteiger charge is -2.17. The monoisotopic (exact) mass is 310 g/mol. The first-order valence-corrected chi connectivity index (χ1v) is 8.00. The van der Waals surface area contributed by atoms with Gasteiger partial charge in [0.1, 0.15) is 9.88 Å². The van der Waals surface area contributed by atoms with Gasteiger partial charge in [0.15, 0.2) is 0 Å². The van der Waals surface area contributed by atoms with Gasteiger partial charge in [-0.3, -0.25) is 9.59 Å². The van der Waals surface area contributed by atoms with E-state index in [-0.39, 0.29) is 22.2 Å². The summed E-state index contributed by atoms with van der Waals surface area (Å²) in [6, 6.07) is 0.270. The van der Waals surface area contributed by atoms with Gasteiger partial charge in [-0.25, -0.2) is 0 Å². The number of primary amides is 2. The first-order chi connectivity index (χ1) is 9.90. The van der Waals surface area contributed by atoms with Crippen LogP contribution in [0.5, 0.6) is 0 Å². The van der Waals surface area contributed by atoms with Crippen molar-refractivity contribution in [2.75, 3.05) is 11.1 Å². The highest BCUT2D eigenvalue weighted by Gasteiger charge is 2.25. The van der Waals surface area contributed by atoms with Crippen LogP contribution < -0.4 is 22.5 Å². The molecule has 0 spiro atoms. The Bertz CT molecular complexity index is 555. The van der Waals surface area contributed by atoms with E-state index in [1.54, 1.807) is 0 Å². The lowest BCUT2D eigenvalue weighted by atomic mass is 10.0. The molecule has 1 fully saturated rings. The van der Waals surface area contributed by atoms with Gasteiger partial charge in [0.05, 0.1) is 11.3 Å². The van der Waals surface area contributed by atoms with E-state index in [0.29, 0.717) is 5.00 Å². The van der Waals surface area contributed by atoms with Gasteiger partial charge in [-0.2, -0.15) is 0 Å². The van der Waals surface area contributed by atoms with Gasteiger partial charge in [0.25, 0.3) is 11.8 Å². The second kappa shape index (κ2) is 6.34. The van der Waals surface area contributed by atoms with Gasteiger partial charge in [-0.15, -0.1) is 11.3 Å². The molecule has 0 aromatic carbocycles. The summed E-state index contributed by atoms with van der Waals surface area (Å²) in [5, 5.41) is 3.90. The number of nitrogens with two attached hydrogens (primary N) is 3. The van der Waals surface area contributed by atoms with E-state index in [2.05, 4.69) is 12.2 Å². The molecule has 1 aromatic rings. The van der Waals surface area contributed by atoms with Crippen molar-refractivity contribution in [3.8, 4) is 0 Å². The maximum absolute atomic E-state index is 11.6. The van der Waals surface area contributed by atoms with Crippen LogP contribution in [0.2, 0.25) is 0 Å². The number of nitrogens with one attached hydrogen (secondary N) is 1. The number of rotatable bonds is 4. The normalized spacial score (nSPS) is 22.5. The number of hydrogen-bond acceptors (Lipinski definition) is 5. The first kappa shape index (κ1) is 15.6. The number of hydrogen-bond donors (Lipinski definition) is 4. The molecular formula is C14H22N4O2S. The number of carbonyl (C=O) groups excluding carboxylic acids is 2. The maximum Gasteiger partial charge on any atom is 0.260 e. The van der Waals surface area contributed by atoms with Crippen molar-refractivity contribution in [1.29, 1.82) is 0 Å². The molecule has 116 valence electrons. The Morgan fingerprint density at radius 1 is 1.14 bits per heavy atom. The molecule has 21 heavy (non-hydrogen) atoms. The predicted octanol–water partition coefficient (Wildman–Crippen LogP) is 1.91. The Hall–Kier alpha value is -1.76. The summed E-state index contributed by atoms with van der Waals surface area (Å²) in [7, 11) is 0. The topological polar surface area (TPSA) is 124 Å². The second-order valence-electron chi connectivity index (χ2n) is 5.73. The van der Waals surface area contributed by atoms with Crippen LogP contribution in [0.25, 0.3) is 0 Å². The fourth-order valence-electron chi connectivity index (χ4n) is 2.79. The predicted molar refractivity (Wildman–Crippen MR) is 85.4 cm³/mol. The van der Waals surface area contributed by atoms with Gasteiger partial charge in [-0.05, 0) is 25.2 Å². The molecule has 0 radical (unpaired) electrons. The minimum Gasteiger partial charge on any atom is -0.397 e. The van der Waals surface area contributed by atoms with Gasteiger partial charge in [0, 0.05) is 6.04 Å². The smallest absolute Gasteiger partial charge is 0.260 e. The Balaban J connectivity index is 2.24. The van der Waals surface area contributed by atoms with Crippen molar-refractivity contribution < 1.29 is 9.59 Å². The lowest BCUT2D eigenvalue weighted by Crippen LogP contribution is -2.21.